The highest BCUT2D eigenvalue weighted by molar-refractivity contribution is 5.97. The van der Waals surface area contributed by atoms with Crippen molar-refractivity contribution in [1.82, 2.24) is 10.6 Å². The maximum absolute atomic E-state index is 12.9. The minimum atomic E-state index is -0.680. The summed E-state index contributed by atoms with van der Waals surface area (Å²) in [5.41, 5.74) is 1.48. The van der Waals surface area contributed by atoms with Crippen LogP contribution in [0, 0.1) is 5.82 Å². The number of hydrogen-bond acceptors (Lipinski definition) is 3. The normalized spacial score (nSPS) is 11.4. The molecule has 0 aliphatic carbocycles. The van der Waals surface area contributed by atoms with Crippen molar-refractivity contribution in [3.8, 4) is 5.75 Å². The van der Waals surface area contributed by atoms with Crippen LogP contribution in [0.2, 0.25) is 0 Å². The van der Waals surface area contributed by atoms with Crippen molar-refractivity contribution in [3.63, 3.8) is 0 Å². The van der Waals surface area contributed by atoms with E-state index in [1.165, 1.54) is 12.1 Å². The lowest BCUT2D eigenvalue weighted by atomic mass is 10.0. The van der Waals surface area contributed by atoms with Crippen LogP contribution in [-0.4, -0.2) is 31.0 Å². The van der Waals surface area contributed by atoms with Gasteiger partial charge in [-0.2, -0.15) is 0 Å². The van der Waals surface area contributed by atoms with E-state index in [-0.39, 0.29) is 17.6 Å². The molecule has 3 aromatic carbocycles. The molecule has 0 fully saturated rings. The fraction of sp³-hybridized carbons (Fsp3) is 0.231. The van der Waals surface area contributed by atoms with Crippen molar-refractivity contribution < 1.29 is 18.7 Å². The van der Waals surface area contributed by atoms with Crippen molar-refractivity contribution in [2.45, 2.75) is 25.3 Å². The highest BCUT2D eigenvalue weighted by Crippen LogP contribution is 2.11. The summed E-state index contributed by atoms with van der Waals surface area (Å²) in [5, 5.41) is 5.76. The Bertz CT molecular complexity index is 979. The first kappa shape index (κ1) is 23.0. The first-order chi connectivity index (χ1) is 15.6. The van der Waals surface area contributed by atoms with Crippen molar-refractivity contribution in [1.29, 1.82) is 0 Å². The van der Waals surface area contributed by atoms with Gasteiger partial charge in [-0.25, -0.2) is 4.39 Å². The second-order valence-electron chi connectivity index (χ2n) is 7.38. The van der Waals surface area contributed by atoms with Gasteiger partial charge in [-0.1, -0.05) is 48.5 Å². The lowest BCUT2D eigenvalue weighted by molar-refractivity contribution is -0.122. The number of carbonyl (C=O) groups is 2. The number of carbonyl (C=O) groups excluding carboxylic acids is 2. The molecule has 5 nitrogen and oxygen atoms in total. The minimum Gasteiger partial charge on any atom is -0.494 e. The lowest BCUT2D eigenvalue weighted by Gasteiger charge is -2.19. The molecule has 1 unspecified atom stereocenters. The van der Waals surface area contributed by atoms with Crippen LogP contribution < -0.4 is 15.4 Å². The van der Waals surface area contributed by atoms with Crippen molar-refractivity contribution >= 4 is 11.8 Å². The molecule has 1 atom stereocenters. The minimum absolute atomic E-state index is 0.224. The molecular weight excluding hydrogens is 407 g/mol. The van der Waals surface area contributed by atoms with E-state index in [9.17, 15) is 14.0 Å². The summed E-state index contributed by atoms with van der Waals surface area (Å²) >= 11 is 0. The Balaban J connectivity index is 1.47. The van der Waals surface area contributed by atoms with Gasteiger partial charge in [0.05, 0.1) is 6.61 Å². The molecule has 0 aromatic heterocycles. The average Bonchev–Trinajstić information content (AvgIpc) is 2.83. The molecule has 3 rings (SSSR count). The maximum atomic E-state index is 12.9. The van der Waals surface area contributed by atoms with Crippen molar-refractivity contribution in [3.05, 3.63) is 102 Å². The molecule has 2 N–H and O–H groups in total. The van der Waals surface area contributed by atoms with Gasteiger partial charge < -0.3 is 15.4 Å². The Morgan fingerprint density at radius 2 is 1.50 bits per heavy atom. The van der Waals surface area contributed by atoms with E-state index in [0.717, 1.165) is 18.4 Å². The van der Waals surface area contributed by atoms with Crippen LogP contribution in [0.4, 0.5) is 4.39 Å². The van der Waals surface area contributed by atoms with E-state index in [2.05, 4.69) is 10.6 Å². The van der Waals surface area contributed by atoms with Gasteiger partial charge in [0.25, 0.3) is 5.91 Å². The van der Waals surface area contributed by atoms with Crippen LogP contribution in [0.15, 0.2) is 84.9 Å². The SMILES string of the molecule is O=C(NC(Cc1ccccc1)C(=O)NCCCCOc1ccc(F)cc1)c1ccccc1. The van der Waals surface area contributed by atoms with Gasteiger partial charge in [0.2, 0.25) is 5.91 Å². The van der Waals surface area contributed by atoms with Gasteiger partial charge in [-0.15, -0.1) is 0 Å². The predicted octanol–water partition coefficient (Wildman–Crippen LogP) is 4.14. The Labute approximate surface area is 187 Å². The van der Waals surface area contributed by atoms with Gasteiger partial charge >= 0.3 is 0 Å². The number of ether oxygens (including phenoxy) is 1. The monoisotopic (exact) mass is 434 g/mol. The molecule has 0 heterocycles. The zero-order valence-corrected chi connectivity index (χ0v) is 17.8. The Kier molecular flexibility index (Phi) is 8.80. The third-order valence-electron chi connectivity index (χ3n) is 4.89. The number of halogens is 1. The molecule has 0 radical (unpaired) electrons. The first-order valence-corrected chi connectivity index (χ1v) is 10.7. The number of nitrogens with one attached hydrogen (secondary N) is 2. The molecule has 0 bridgehead atoms. The second kappa shape index (κ2) is 12.2. The smallest absolute Gasteiger partial charge is 0.251 e. The quantitative estimate of drug-likeness (QED) is 0.446. The number of unbranched alkanes of at least 4 members (excludes halogenated alkanes) is 1. The number of rotatable bonds is 11. The van der Waals surface area contributed by atoms with Gasteiger partial charge in [0.15, 0.2) is 0 Å². The van der Waals surface area contributed by atoms with Gasteiger partial charge in [-0.3, -0.25) is 9.59 Å². The Hall–Kier alpha value is -3.67. The molecular formula is C26H27FN2O3. The molecule has 3 aromatic rings. The third kappa shape index (κ3) is 7.54. The molecule has 32 heavy (non-hydrogen) atoms. The number of amides is 2. The lowest BCUT2D eigenvalue weighted by Crippen LogP contribution is -2.48. The fourth-order valence-electron chi connectivity index (χ4n) is 3.17. The van der Waals surface area contributed by atoms with E-state index < -0.39 is 6.04 Å². The van der Waals surface area contributed by atoms with E-state index >= 15 is 0 Å². The van der Waals surface area contributed by atoms with E-state index in [0.29, 0.717) is 30.9 Å². The first-order valence-electron chi connectivity index (χ1n) is 10.7. The summed E-state index contributed by atoms with van der Waals surface area (Å²) in [6.07, 6.45) is 1.86. The van der Waals surface area contributed by atoms with Crippen LogP contribution in [-0.2, 0) is 11.2 Å². The molecule has 0 saturated heterocycles. The zero-order valence-electron chi connectivity index (χ0n) is 17.8. The molecule has 2 amide bonds. The molecule has 0 aliphatic heterocycles. The summed E-state index contributed by atoms with van der Waals surface area (Å²) in [5.74, 6) is -0.196. The topological polar surface area (TPSA) is 67.4 Å². The Morgan fingerprint density at radius 1 is 0.844 bits per heavy atom. The number of hydrogen-bond donors (Lipinski definition) is 2. The van der Waals surface area contributed by atoms with Crippen LogP contribution in [0.5, 0.6) is 5.75 Å². The predicted molar refractivity (Wildman–Crippen MR) is 122 cm³/mol. The van der Waals surface area contributed by atoms with Crippen LogP contribution in [0.25, 0.3) is 0 Å². The highest BCUT2D eigenvalue weighted by Gasteiger charge is 2.21. The summed E-state index contributed by atoms with van der Waals surface area (Å²) < 4.78 is 18.5. The van der Waals surface area contributed by atoms with E-state index in [4.69, 9.17) is 4.74 Å². The molecule has 166 valence electrons. The molecule has 0 saturated carbocycles. The highest BCUT2D eigenvalue weighted by atomic mass is 19.1. The van der Waals surface area contributed by atoms with Gasteiger partial charge in [-0.05, 0) is 54.8 Å². The molecule has 6 heteroatoms. The average molecular weight is 435 g/mol. The molecule has 0 spiro atoms. The third-order valence-corrected chi connectivity index (χ3v) is 4.89. The summed E-state index contributed by atoms with van der Waals surface area (Å²) in [7, 11) is 0. The van der Waals surface area contributed by atoms with Crippen LogP contribution in [0.3, 0.4) is 0 Å². The zero-order chi connectivity index (χ0) is 22.6. The van der Waals surface area contributed by atoms with Crippen molar-refractivity contribution in [2.24, 2.45) is 0 Å². The summed E-state index contributed by atoms with van der Waals surface area (Å²) in [6.45, 7) is 0.942. The Morgan fingerprint density at radius 3 is 2.19 bits per heavy atom. The summed E-state index contributed by atoms with van der Waals surface area (Å²) in [4.78, 5) is 25.4. The maximum Gasteiger partial charge on any atom is 0.251 e. The van der Waals surface area contributed by atoms with E-state index in [1.807, 2.05) is 36.4 Å². The van der Waals surface area contributed by atoms with E-state index in [1.54, 1.807) is 36.4 Å². The molecule has 0 aliphatic rings. The standard InChI is InChI=1S/C26H27FN2O3/c27-22-13-15-23(16-14-22)32-18-8-7-17-28-26(31)24(19-20-9-3-1-4-10-20)29-25(30)21-11-5-2-6-12-21/h1-6,9-16,24H,7-8,17-19H2,(H,28,31)(H,29,30). The fourth-order valence-corrected chi connectivity index (χ4v) is 3.17. The second-order valence-corrected chi connectivity index (χ2v) is 7.38. The van der Waals surface area contributed by atoms with Crippen LogP contribution in [0.1, 0.15) is 28.8 Å². The summed E-state index contributed by atoms with van der Waals surface area (Å²) in [6, 6.07) is 23.6. The number of benzene rings is 3. The van der Waals surface area contributed by atoms with Crippen molar-refractivity contribution in [2.75, 3.05) is 13.2 Å². The van der Waals surface area contributed by atoms with Gasteiger partial charge in [0.1, 0.15) is 17.6 Å². The van der Waals surface area contributed by atoms with Crippen LogP contribution >= 0.6 is 0 Å². The van der Waals surface area contributed by atoms with Gasteiger partial charge in [0, 0.05) is 18.5 Å². The largest absolute Gasteiger partial charge is 0.494 e.